The maximum atomic E-state index is 12.2. The zero-order chi connectivity index (χ0) is 15.9. The first-order valence-corrected chi connectivity index (χ1v) is 6.77. The molecule has 0 aromatic heterocycles. The van der Waals surface area contributed by atoms with E-state index in [9.17, 15) is 10.1 Å². The highest BCUT2D eigenvalue weighted by Gasteiger charge is 2.11. The number of para-hydroxylation sites is 1. The van der Waals surface area contributed by atoms with Gasteiger partial charge in [-0.1, -0.05) is 30.3 Å². The smallest absolute Gasteiger partial charge is 0.266 e. The normalized spacial score (nSPS) is 10.7. The van der Waals surface area contributed by atoms with Gasteiger partial charge in [0, 0.05) is 11.3 Å². The predicted octanol–water partition coefficient (Wildman–Crippen LogP) is 3.55. The Kier molecular flexibility index (Phi) is 4.94. The Morgan fingerprint density at radius 2 is 2.00 bits per heavy atom. The van der Waals surface area contributed by atoms with Gasteiger partial charge in [0.1, 0.15) is 17.4 Å². The molecule has 2 aromatic rings. The van der Waals surface area contributed by atoms with Gasteiger partial charge >= 0.3 is 0 Å². The number of carbonyl (C=O) groups is 1. The molecule has 4 heteroatoms. The molecule has 0 saturated carbocycles. The van der Waals surface area contributed by atoms with E-state index in [-0.39, 0.29) is 5.57 Å². The van der Waals surface area contributed by atoms with Crippen LogP contribution in [0.5, 0.6) is 5.75 Å². The number of hydrogen-bond acceptors (Lipinski definition) is 3. The van der Waals surface area contributed by atoms with Crippen LogP contribution in [0.3, 0.4) is 0 Å². The molecule has 0 spiro atoms. The van der Waals surface area contributed by atoms with E-state index in [2.05, 4.69) is 5.32 Å². The summed E-state index contributed by atoms with van der Waals surface area (Å²) in [6.45, 7) is 1.94. The predicted molar refractivity (Wildman–Crippen MR) is 86.4 cm³/mol. The molecule has 1 N–H and O–H groups in total. The summed E-state index contributed by atoms with van der Waals surface area (Å²) >= 11 is 0. The van der Waals surface area contributed by atoms with Crippen LogP contribution < -0.4 is 10.1 Å². The van der Waals surface area contributed by atoms with Crippen molar-refractivity contribution in [3.05, 3.63) is 65.2 Å². The summed E-state index contributed by atoms with van der Waals surface area (Å²) in [6, 6.07) is 16.6. The van der Waals surface area contributed by atoms with Gasteiger partial charge in [-0.25, -0.2) is 0 Å². The van der Waals surface area contributed by atoms with E-state index in [0.717, 1.165) is 5.56 Å². The van der Waals surface area contributed by atoms with Crippen molar-refractivity contribution in [3.8, 4) is 11.8 Å². The van der Waals surface area contributed by atoms with E-state index >= 15 is 0 Å². The lowest BCUT2D eigenvalue weighted by Crippen LogP contribution is -2.13. The lowest BCUT2D eigenvalue weighted by atomic mass is 10.1. The molecule has 0 aliphatic rings. The SMILES string of the molecule is COc1ccccc1/C=C(\C#N)C(=O)Nc1cccc(C)c1. The molecule has 110 valence electrons. The number of amides is 1. The van der Waals surface area contributed by atoms with Crippen molar-refractivity contribution in [1.29, 1.82) is 5.26 Å². The monoisotopic (exact) mass is 292 g/mol. The van der Waals surface area contributed by atoms with Crippen molar-refractivity contribution < 1.29 is 9.53 Å². The Balaban J connectivity index is 2.26. The Labute approximate surface area is 129 Å². The van der Waals surface area contributed by atoms with Crippen LogP contribution in [0.15, 0.2) is 54.1 Å². The average Bonchev–Trinajstić information content (AvgIpc) is 2.52. The fourth-order valence-electron chi connectivity index (χ4n) is 2.01. The number of methoxy groups -OCH3 is 1. The fourth-order valence-corrected chi connectivity index (χ4v) is 2.01. The van der Waals surface area contributed by atoms with Crippen LogP contribution in [0.4, 0.5) is 5.69 Å². The minimum absolute atomic E-state index is 0.0195. The van der Waals surface area contributed by atoms with Crippen LogP contribution >= 0.6 is 0 Å². The summed E-state index contributed by atoms with van der Waals surface area (Å²) in [4.78, 5) is 12.2. The molecule has 22 heavy (non-hydrogen) atoms. The van der Waals surface area contributed by atoms with Crippen LogP contribution in [0.1, 0.15) is 11.1 Å². The van der Waals surface area contributed by atoms with Crippen LogP contribution in [-0.4, -0.2) is 13.0 Å². The summed E-state index contributed by atoms with van der Waals surface area (Å²) in [5.41, 5.74) is 2.39. The Morgan fingerprint density at radius 1 is 1.23 bits per heavy atom. The number of benzene rings is 2. The van der Waals surface area contributed by atoms with Crippen LogP contribution in [-0.2, 0) is 4.79 Å². The first kappa shape index (κ1) is 15.3. The molecule has 0 fully saturated rings. The first-order chi connectivity index (χ1) is 10.6. The van der Waals surface area contributed by atoms with Gasteiger partial charge in [0.2, 0.25) is 0 Å². The quantitative estimate of drug-likeness (QED) is 0.692. The standard InChI is InChI=1S/C18H16N2O2/c1-13-6-5-8-16(10-13)20-18(21)15(12-19)11-14-7-3-4-9-17(14)22-2/h3-11H,1-2H3,(H,20,21)/b15-11+. The van der Waals surface area contributed by atoms with Crippen LogP contribution in [0.2, 0.25) is 0 Å². The van der Waals surface area contributed by atoms with E-state index in [1.54, 1.807) is 25.3 Å². The lowest BCUT2D eigenvalue weighted by molar-refractivity contribution is -0.112. The second kappa shape index (κ2) is 7.09. The Hall–Kier alpha value is -3.06. The number of carbonyl (C=O) groups excluding carboxylic acids is 1. The first-order valence-electron chi connectivity index (χ1n) is 6.77. The van der Waals surface area contributed by atoms with Gasteiger partial charge in [-0.2, -0.15) is 5.26 Å². The molecule has 0 unspecified atom stereocenters. The van der Waals surface area contributed by atoms with E-state index in [1.807, 2.05) is 43.3 Å². The van der Waals surface area contributed by atoms with Gasteiger partial charge in [-0.3, -0.25) is 4.79 Å². The van der Waals surface area contributed by atoms with Crippen molar-refractivity contribution in [2.45, 2.75) is 6.92 Å². The van der Waals surface area contributed by atoms with E-state index < -0.39 is 5.91 Å². The van der Waals surface area contributed by atoms with E-state index in [4.69, 9.17) is 4.74 Å². The highest BCUT2D eigenvalue weighted by Crippen LogP contribution is 2.21. The molecular formula is C18H16N2O2. The van der Waals surface area contributed by atoms with Crippen molar-refractivity contribution >= 4 is 17.7 Å². The highest BCUT2D eigenvalue weighted by atomic mass is 16.5. The third-order valence-electron chi connectivity index (χ3n) is 3.08. The third kappa shape index (κ3) is 3.74. The number of ether oxygens (including phenoxy) is 1. The number of nitrogens with one attached hydrogen (secondary N) is 1. The molecule has 0 heterocycles. The Bertz CT molecular complexity index is 758. The fraction of sp³-hybridized carbons (Fsp3) is 0.111. The molecule has 0 saturated heterocycles. The Morgan fingerprint density at radius 3 is 2.68 bits per heavy atom. The number of hydrogen-bond donors (Lipinski definition) is 1. The molecule has 0 aliphatic carbocycles. The van der Waals surface area contributed by atoms with Crippen molar-refractivity contribution in [1.82, 2.24) is 0 Å². The maximum Gasteiger partial charge on any atom is 0.266 e. The van der Waals surface area contributed by atoms with Gasteiger partial charge in [0.25, 0.3) is 5.91 Å². The zero-order valence-electron chi connectivity index (χ0n) is 12.5. The van der Waals surface area contributed by atoms with Crippen molar-refractivity contribution in [2.24, 2.45) is 0 Å². The molecule has 2 rings (SSSR count). The minimum atomic E-state index is -0.445. The molecule has 0 radical (unpaired) electrons. The topological polar surface area (TPSA) is 62.1 Å². The second-order valence-corrected chi connectivity index (χ2v) is 4.74. The molecule has 4 nitrogen and oxygen atoms in total. The number of nitriles is 1. The largest absolute Gasteiger partial charge is 0.496 e. The molecule has 0 aliphatic heterocycles. The number of rotatable bonds is 4. The van der Waals surface area contributed by atoms with Gasteiger partial charge in [0.05, 0.1) is 7.11 Å². The van der Waals surface area contributed by atoms with E-state index in [0.29, 0.717) is 17.0 Å². The van der Waals surface area contributed by atoms with Gasteiger partial charge in [-0.15, -0.1) is 0 Å². The molecule has 0 bridgehead atoms. The molecule has 0 atom stereocenters. The summed E-state index contributed by atoms with van der Waals surface area (Å²) in [7, 11) is 1.55. The highest BCUT2D eigenvalue weighted by molar-refractivity contribution is 6.09. The summed E-state index contributed by atoms with van der Waals surface area (Å²) in [5, 5.41) is 12.0. The van der Waals surface area contributed by atoms with Crippen molar-refractivity contribution in [2.75, 3.05) is 12.4 Å². The third-order valence-corrected chi connectivity index (χ3v) is 3.08. The lowest BCUT2D eigenvalue weighted by Gasteiger charge is -2.07. The average molecular weight is 292 g/mol. The van der Waals surface area contributed by atoms with Gasteiger partial charge < -0.3 is 10.1 Å². The van der Waals surface area contributed by atoms with Crippen LogP contribution in [0.25, 0.3) is 6.08 Å². The summed E-state index contributed by atoms with van der Waals surface area (Å²) < 4.78 is 5.22. The summed E-state index contributed by atoms with van der Waals surface area (Å²) in [6.07, 6.45) is 1.52. The molecular weight excluding hydrogens is 276 g/mol. The minimum Gasteiger partial charge on any atom is -0.496 e. The maximum absolute atomic E-state index is 12.2. The molecule has 1 amide bonds. The van der Waals surface area contributed by atoms with E-state index in [1.165, 1.54) is 6.08 Å². The number of anilines is 1. The van der Waals surface area contributed by atoms with Crippen LogP contribution in [0, 0.1) is 18.3 Å². The molecule has 2 aromatic carbocycles. The number of aryl methyl sites for hydroxylation is 1. The second-order valence-electron chi connectivity index (χ2n) is 4.74. The van der Waals surface area contributed by atoms with Gasteiger partial charge in [-0.05, 0) is 36.8 Å². The zero-order valence-corrected chi connectivity index (χ0v) is 12.5. The van der Waals surface area contributed by atoms with Gasteiger partial charge in [0.15, 0.2) is 0 Å². The van der Waals surface area contributed by atoms with Crippen molar-refractivity contribution in [3.63, 3.8) is 0 Å². The summed E-state index contributed by atoms with van der Waals surface area (Å²) in [5.74, 6) is 0.164. The number of nitrogens with zero attached hydrogens (tertiary/aromatic N) is 1.